The van der Waals surface area contributed by atoms with Gasteiger partial charge in [0.15, 0.2) is 11.5 Å². The van der Waals surface area contributed by atoms with Crippen molar-refractivity contribution in [1.82, 2.24) is 14.9 Å². The van der Waals surface area contributed by atoms with Crippen LogP contribution in [0, 0.1) is 0 Å². The van der Waals surface area contributed by atoms with Crippen LogP contribution in [0.2, 0.25) is 0 Å². The molecule has 2 aromatic heterocycles. The molecule has 4 aromatic carbocycles. The molecule has 6 rings (SSSR count). The lowest BCUT2D eigenvalue weighted by Crippen LogP contribution is -2.15. The number of nitrogens with zero attached hydrogens (tertiary/aromatic N) is 3. The van der Waals surface area contributed by atoms with Crippen LogP contribution in [0.3, 0.4) is 0 Å². The van der Waals surface area contributed by atoms with Crippen LogP contribution in [0.15, 0.2) is 103 Å². The van der Waals surface area contributed by atoms with E-state index >= 15 is 0 Å². The van der Waals surface area contributed by atoms with Crippen molar-refractivity contribution in [2.75, 3.05) is 46.8 Å². The monoisotopic (exact) mass is 628 g/mol. The molecule has 2 heterocycles. The third-order valence-electron chi connectivity index (χ3n) is 7.66. The van der Waals surface area contributed by atoms with Gasteiger partial charge in [-0.2, -0.15) is 0 Å². The molecule has 0 saturated carbocycles. The zero-order chi connectivity index (χ0) is 32.8. The molecular weight excluding hydrogens is 592 g/mol. The fraction of sp³-hybridized carbons (Fsp3) is 0.184. The average Bonchev–Trinajstić information content (AvgIpc) is 3.10. The maximum absolute atomic E-state index is 13.7. The van der Waals surface area contributed by atoms with Gasteiger partial charge in [0.25, 0.3) is 5.91 Å². The van der Waals surface area contributed by atoms with Gasteiger partial charge in [-0.25, -0.2) is 4.98 Å². The summed E-state index contributed by atoms with van der Waals surface area (Å²) in [5, 5.41) is 4.52. The second-order valence-corrected chi connectivity index (χ2v) is 11.2. The molecule has 0 aliphatic heterocycles. The molecule has 0 atom stereocenters. The van der Waals surface area contributed by atoms with E-state index < -0.39 is 0 Å². The molecule has 6 aromatic rings. The van der Waals surface area contributed by atoms with E-state index in [9.17, 15) is 4.79 Å². The Morgan fingerprint density at radius 3 is 2.30 bits per heavy atom. The minimum absolute atomic E-state index is 0.261. The van der Waals surface area contributed by atoms with Crippen LogP contribution in [0.1, 0.15) is 16.8 Å². The average molecular weight is 629 g/mol. The summed E-state index contributed by atoms with van der Waals surface area (Å²) in [6, 6.07) is 29.9. The number of fused-ring (bicyclic) bond motifs is 2. The predicted molar refractivity (Wildman–Crippen MR) is 185 cm³/mol. The first-order valence-electron chi connectivity index (χ1n) is 15.3. The van der Waals surface area contributed by atoms with Gasteiger partial charge in [-0.05, 0) is 81.2 Å². The molecule has 9 heteroatoms. The lowest BCUT2D eigenvalue weighted by atomic mass is 10.0. The summed E-state index contributed by atoms with van der Waals surface area (Å²) in [5.74, 6) is 2.85. The number of hydrogen-bond acceptors (Lipinski definition) is 8. The van der Waals surface area contributed by atoms with Crippen molar-refractivity contribution in [1.29, 1.82) is 0 Å². The molecule has 0 unspecified atom stereocenters. The first-order valence-corrected chi connectivity index (χ1v) is 15.3. The van der Waals surface area contributed by atoms with Crippen LogP contribution in [-0.2, 0) is 0 Å². The second kappa shape index (κ2) is 14.2. The lowest BCUT2D eigenvalue weighted by molar-refractivity contribution is 0.102. The number of ether oxygens (including phenoxy) is 4. The van der Waals surface area contributed by atoms with E-state index in [1.165, 1.54) is 0 Å². The Kier molecular flexibility index (Phi) is 9.45. The third-order valence-corrected chi connectivity index (χ3v) is 7.66. The molecule has 9 nitrogen and oxygen atoms in total. The van der Waals surface area contributed by atoms with Gasteiger partial charge in [0, 0.05) is 40.8 Å². The Morgan fingerprint density at radius 1 is 0.766 bits per heavy atom. The van der Waals surface area contributed by atoms with Gasteiger partial charge >= 0.3 is 0 Å². The SMILES string of the molecule is COc1ccc2nc(-c3ccccc3)cc(C(=O)Nc3ccc(Oc4ccnc5cc(OCCCN(C)C)c(OC)cc45)cc3)c2c1. The van der Waals surface area contributed by atoms with Gasteiger partial charge in [-0.3, -0.25) is 9.78 Å². The topological polar surface area (TPSA) is 95.0 Å². The van der Waals surface area contributed by atoms with Crippen molar-refractivity contribution in [3.05, 3.63) is 109 Å². The number of anilines is 1. The van der Waals surface area contributed by atoms with E-state index in [0.29, 0.717) is 63.2 Å². The first-order chi connectivity index (χ1) is 22.9. The fourth-order valence-corrected chi connectivity index (χ4v) is 5.26. The lowest BCUT2D eigenvalue weighted by Gasteiger charge is -2.15. The molecule has 0 aliphatic rings. The molecule has 0 bridgehead atoms. The Hall–Kier alpha value is -5.67. The number of methoxy groups -OCH3 is 2. The largest absolute Gasteiger partial charge is 0.497 e. The molecule has 0 aliphatic carbocycles. The number of nitrogens with one attached hydrogen (secondary N) is 1. The van der Waals surface area contributed by atoms with E-state index in [1.54, 1.807) is 32.5 Å². The van der Waals surface area contributed by atoms with Crippen LogP contribution < -0.4 is 24.3 Å². The Balaban J connectivity index is 1.21. The summed E-state index contributed by atoms with van der Waals surface area (Å²) < 4.78 is 23.3. The van der Waals surface area contributed by atoms with Crippen LogP contribution in [-0.4, -0.2) is 62.2 Å². The molecule has 238 valence electrons. The normalized spacial score (nSPS) is 11.1. The van der Waals surface area contributed by atoms with E-state index in [0.717, 1.165) is 29.4 Å². The molecule has 47 heavy (non-hydrogen) atoms. The summed E-state index contributed by atoms with van der Waals surface area (Å²) >= 11 is 0. The van der Waals surface area contributed by atoms with Gasteiger partial charge in [0.1, 0.15) is 17.2 Å². The zero-order valence-corrected chi connectivity index (χ0v) is 26.8. The van der Waals surface area contributed by atoms with Crippen molar-refractivity contribution in [2.24, 2.45) is 0 Å². The van der Waals surface area contributed by atoms with Gasteiger partial charge < -0.3 is 29.2 Å². The highest BCUT2D eigenvalue weighted by atomic mass is 16.5. The van der Waals surface area contributed by atoms with Crippen LogP contribution >= 0.6 is 0 Å². The first kappa shape index (κ1) is 31.3. The standard InChI is InChI=1S/C38H36N4O5/c1-42(2)19-8-20-46-37-24-34-31(23-36(37)45-4)35(17-18-39-34)47-27-13-11-26(12-14-27)40-38(43)30-22-33(25-9-6-5-7-10-25)41-32-16-15-28(44-3)21-29(30)32/h5-7,9-18,21-24H,8,19-20H2,1-4H3,(H,40,43). The van der Waals surface area contributed by atoms with Crippen molar-refractivity contribution in [3.8, 4) is 40.0 Å². The summed E-state index contributed by atoms with van der Waals surface area (Å²) in [6.45, 7) is 1.50. The number of carbonyl (C=O) groups is 1. The zero-order valence-electron chi connectivity index (χ0n) is 26.8. The molecule has 1 N–H and O–H groups in total. The van der Waals surface area contributed by atoms with Crippen molar-refractivity contribution >= 4 is 33.4 Å². The highest BCUT2D eigenvalue weighted by Gasteiger charge is 2.16. The number of rotatable bonds is 12. The predicted octanol–water partition coefficient (Wildman–Crippen LogP) is 7.84. The van der Waals surface area contributed by atoms with Crippen LogP contribution in [0.5, 0.6) is 28.7 Å². The highest BCUT2D eigenvalue weighted by Crippen LogP contribution is 2.37. The fourth-order valence-electron chi connectivity index (χ4n) is 5.26. The van der Waals surface area contributed by atoms with Crippen LogP contribution in [0.4, 0.5) is 5.69 Å². The number of pyridine rings is 2. The molecule has 1 amide bonds. The van der Waals surface area contributed by atoms with Crippen molar-refractivity contribution in [2.45, 2.75) is 6.42 Å². The molecule has 0 saturated heterocycles. The number of aromatic nitrogens is 2. The van der Waals surface area contributed by atoms with Gasteiger partial charge in [-0.1, -0.05) is 30.3 Å². The van der Waals surface area contributed by atoms with E-state index in [2.05, 4.69) is 15.2 Å². The summed E-state index contributed by atoms with van der Waals surface area (Å²) in [6.07, 6.45) is 2.59. The number of benzene rings is 4. The molecule has 0 spiro atoms. The van der Waals surface area contributed by atoms with E-state index in [-0.39, 0.29) is 5.91 Å². The van der Waals surface area contributed by atoms with E-state index in [4.69, 9.17) is 23.9 Å². The smallest absolute Gasteiger partial charge is 0.256 e. The van der Waals surface area contributed by atoms with Gasteiger partial charge in [0.05, 0.1) is 43.1 Å². The van der Waals surface area contributed by atoms with Crippen molar-refractivity contribution in [3.63, 3.8) is 0 Å². The Bertz CT molecular complexity index is 2010. The molecule has 0 radical (unpaired) electrons. The minimum Gasteiger partial charge on any atom is -0.497 e. The summed E-state index contributed by atoms with van der Waals surface area (Å²) in [5.41, 5.74) is 4.17. The number of amides is 1. The molecular formula is C38H36N4O5. The minimum atomic E-state index is -0.261. The Labute approximate surface area is 273 Å². The number of hydrogen-bond donors (Lipinski definition) is 1. The number of carbonyl (C=O) groups excluding carboxylic acids is 1. The maximum atomic E-state index is 13.7. The summed E-state index contributed by atoms with van der Waals surface area (Å²) in [4.78, 5) is 25.1. The third kappa shape index (κ3) is 7.26. The van der Waals surface area contributed by atoms with Gasteiger partial charge in [-0.15, -0.1) is 0 Å². The van der Waals surface area contributed by atoms with Gasteiger partial charge in [0.2, 0.25) is 0 Å². The van der Waals surface area contributed by atoms with E-state index in [1.807, 2.05) is 99.0 Å². The Morgan fingerprint density at radius 2 is 1.55 bits per heavy atom. The molecule has 0 fully saturated rings. The quantitative estimate of drug-likeness (QED) is 0.137. The second-order valence-electron chi connectivity index (χ2n) is 11.2. The maximum Gasteiger partial charge on any atom is 0.256 e. The highest BCUT2D eigenvalue weighted by molar-refractivity contribution is 6.13. The van der Waals surface area contributed by atoms with Crippen molar-refractivity contribution < 1.29 is 23.7 Å². The van der Waals surface area contributed by atoms with Crippen LogP contribution in [0.25, 0.3) is 33.1 Å². The summed E-state index contributed by atoms with van der Waals surface area (Å²) in [7, 11) is 7.29.